The number of nitrogens with zero attached hydrogens (tertiary/aromatic N) is 1. The Kier molecular flexibility index (Phi) is 4.95. The van der Waals surface area contributed by atoms with Gasteiger partial charge in [0, 0.05) is 5.69 Å². The highest BCUT2D eigenvalue weighted by molar-refractivity contribution is 6.08. The van der Waals surface area contributed by atoms with E-state index in [1.165, 1.54) is 18.2 Å². The number of aromatic nitrogens is 1. The molecular formula is C17H14N2O4. The molecule has 2 aromatic rings. The number of rotatable bonds is 5. The molecule has 0 saturated carbocycles. The molecule has 0 amide bonds. The lowest BCUT2D eigenvalue weighted by Crippen LogP contribution is -2.17. The van der Waals surface area contributed by atoms with Crippen LogP contribution in [0, 0.1) is 13.5 Å². The number of ketones is 1. The van der Waals surface area contributed by atoms with Gasteiger partial charge in [-0.25, -0.2) is 6.57 Å². The minimum atomic E-state index is -0.625. The summed E-state index contributed by atoms with van der Waals surface area (Å²) in [6.45, 7) is 8.20. The average Bonchev–Trinajstić information content (AvgIpc) is 2.51. The van der Waals surface area contributed by atoms with E-state index in [1.54, 1.807) is 31.2 Å². The highest BCUT2D eigenvalue weighted by atomic mass is 16.5. The van der Waals surface area contributed by atoms with Crippen molar-refractivity contribution >= 4 is 11.9 Å². The van der Waals surface area contributed by atoms with Gasteiger partial charge in [-0.2, -0.15) is 0 Å². The molecule has 2 N–H and O–H groups in total. The maximum atomic E-state index is 12.1. The normalized spacial score (nSPS) is 10.4. The van der Waals surface area contributed by atoms with Gasteiger partial charge in [0.05, 0.1) is 0 Å². The van der Waals surface area contributed by atoms with Crippen molar-refractivity contribution in [2.75, 3.05) is 6.73 Å². The van der Waals surface area contributed by atoms with Crippen LogP contribution in [0.2, 0.25) is 0 Å². The van der Waals surface area contributed by atoms with Gasteiger partial charge in [-0.1, -0.05) is 18.2 Å². The molecule has 0 aliphatic carbocycles. The van der Waals surface area contributed by atoms with Gasteiger partial charge in [-0.3, -0.25) is 14.4 Å². The molecule has 0 fully saturated rings. The summed E-state index contributed by atoms with van der Waals surface area (Å²) in [6.07, 6.45) is 2.74. The van der Waals surface area contributed by atoms with Crippen LogP contribution in [0.25, 0.3) is 10.9 Å². The second-order valence-corrected chi connectivity index (χ2v) is 4.74. The van der Waals surface area contributed by atoms with Gasteiger partial charge in [0.2, 0.25) is 0 Å². The van der Waals surface area contributed by atoms with Gasteiger partial charge in [-0.05, 0) is 36.8 Å². The average molecular weight is 310 g/mol. The van der Waals surface area contributed by atoms with Gasteiger partial charge in [0.15, 0.2) is 5.78 Å². The van der Waals surface area contributed by atoms with Crippen LogP contribution in [0.3, 0.4) is 0 Å². The predicted molar refractivity (Wildman–Crippen MR) is 85.4 cm³/mol. The van der Waals surface area contributed by atoms with Crippen LogP contribution >= 0.6 is 0 Å². The Balaban J connectivity index is 2.16. The fraction of sp³-hybridized carbons (Fsp3) is 0.118. The van der Waals surface area contributed by atoms with Crippen molar-refractivity contribution in [2.45, 2.75) is 6.92 Å². The Morgan fingerprint density at radius 1 is 1.39 bits per heavy atom. The first-order valence-electron chi connectivity index (χ1n) is 6.72. The fourth-order valence-corrected chi connectivity index (χ4v) is 1.95. The molecule has 0 saturated heterocycles. The van der Waals surface area contributed by atoms with Crippen molar-refractivity contribution in [2.24, 2.45) is 0 Å². The SMILES string of the molecule is [C-]#[N+]COc1ccc(/C=C/C(=O)c2c(O)cc(C)[nH]c2=O)cc1. The Morgan fingerprint density at radius 3 is 2.70 bits per heavy atom. The molecule has 1 heterocycles. The molecule has 0 spiro atoms. The molecule has 6 nitrogen and oxygen atoms in total. The summed E-state index contributed by atoms with van der Waals surface area (Å²) in [5.74, 6) is -0.377. The highest BCUT2D eigenvalue weighted by Gasteiger charge is 2.13. The number of carbonyl (C=O) groups excluding carboxylic acids is 1. The molecule has 0 bridgehead atoms. The lowest BCUT2D eigenvalue weighted by atomic mass is 10.1. The van der Waals surface area contributed by atoms with Crippen LogP contribution in [-0.4, -0.2) is 22.6 Å². The number of pyridine rings is 1. The monoisotopic (exact) mass is 310 g/mol. The van der Waals surface area contributed by atoms with E-state index in [2.05, 4.69) is 9.83 Å². The van der Waals surface area contributed by atoms with Crippen LogP contribution in [0.1, 0.15) is 21.6 Å². The van der Waals surface area contributed by atoms with Crippen LogP contribution in [-0.2, 0) is 0 Å². The van der Waals surface area contributed by atoms with Crippen molar-refractivity contribution in [3.63, 3.8) is 0 Å². The summed E-state index contributed by atoms with van der Waals surface area (Å²) >= 11 is 0. The van der Waals surface area contributed by atoms with Gasteiger partial charge >= 0.3 is 6.73 Å². The van der Waals surface area contributed by atoms with Crippen molar-refractivity contribution in [3.8, 4) is 11.5 Å². The minimum absolute atomic E-state index is 0.0524. The number of allylic oxidation sites excluding steroid dienone is 1. The number of aromatic amines is 1. The molecule has 0 radical (unpaired) electrons. The Bertz CT molecular complexity index is 842. The van der Waals surface area contributed by atoms with Gasteiger partial charge in [0.1, 0.15) is 17.1 Å². The predicted octanol–water partition coefficient (Wildman–Crippen LogP) is 2.54. The topological polar surface area (TPSA) is 83.8 Å². The third-order valence-corrected chi connectivity index (χ3v) is 3.00. The number of benzene rings is 1. The fourth-order valence-electron chi connectivity index (χ4n) is 1.95. The maximum absolute atomic E-state index is 12.1. The third-order valence-electron chi connectivity index (χ3n) is 3.00. The summed E-state index contributed by atoms with van der Waals surface area (Å²) < 4.78 is 5.12. The lowest BCUT2D eigenvalue weighted by Gasteiger charge is -2.01. The number of hydrogen-bond donors (Lipinski definition) is 2. The lowest BCUT2D eigenvalue weighted by molar-refractivity contribution is 0.104. The highest BCUT2D eigenvalue weighted by Crippen LogP contribution is 2.16. The van der Waals surface area contributed by atoms with E-state index >= 15 is 0 Å². The number of aryl methyl sites for hydroxylation is 1. The van der Waals surface area contributed by atoms with E-state index in [0.29, 0.717) is 11.4 Å². The standard InChI is InChI=1S/C17H14N2O4/c1-11-9-15(21)16(17(22)19-11)14(20)8-5-12-3-6-13(7-4-12)23-10-18-2/h3-9H,10H2,1H3,(H2,19,21,22)/b8-5+. The first-order valence-corrected chi connectivity index (χ1v) is 6.72. The van der Waals surface area contributed by atoms with E-state index in [-0.39, 0.29) is 18.0 Å². The van der Waals surface area contributed by atoms with E-state index in [4.69, 9.17) is 11.3 Å². The number of H-pyrrole nitrogens is 1. The number of ether oxygens (including phenoxy) is 1. The smallest absolute Gasteiger partial charge is 0.357 e. The molecule has 0 unspecified atom stereocenters. The Morgan fingerprint density at radius 2 is 2.09 bits per heavy atom. The molecule has 6 heteroatoms. The summed E-state index contributed by atoms with van der Waals surface area (Å²) in [5.41, 5.74) is 0.281. The van der Waals surface area contributed by atoms with E-state index in [9.17, 15) is 14.7 Å². The summed E-state index contributed by atoms with van der Waals surface area (Å²) in [5, 5.41) is 9.74. The molecule has 23 heavy (non-hydrogen) atoms. The first-order chi connectivity index (χ1) is 11.0. The van der Waals surface area contributed by atoms with Crippen molar-refractivity contribution in [3.05, 3.63) is 75.0 Å². The summed E-state index contributed by atoms with van der Waals surface area (Å²) in [6, 6.07) is 8.09. The number of hydrogen-bond acceptors (Lipinski definition) is 4. The summed E-state index contributed by atoms with van der Waals surface area (Å²) in [7, 11) is 0. The maximum Gasteiger partial charge on any atom is 0.357 e. The second-order valence-electron chi connectivity index (χ2n) is 4.74. The molecule has 116 valence electrons. The Hall–Kier alpha value is -3.33. The zero-order valence-electron chi connectivity index (χ0n) is 12.4. The van der Waals surface area contributed by atoms with Crippen LogP contribution in [0.4, 0.5) is 0 Å². The molecule has 0 atom stereocenters. The number of aromatic hydroxyl groups is 1. The van der Waals surface area contributed by atoms with Crippen molar-refractivity contribution < 1.29 is 14.6 Å². The second kappa shape index (κ2) is 7.09. The third kappa shape index (κ3) is 4.08. The molecule has 0 aliphatic heterocycles. The number of carbonyl (C=O) groups is 1. The zero-order chi connectivity index (χ0) is 16.8. The summed E-state index contributed by atoms with van der Waals surface area (Å²) in [4.78, 5) is 29.4. The van der Waals surface area contributed by atoms with Gasteiger partial charge < -0.3 is 14.8 Å². The van der Waals surface area contributed by atoms with E-state index in [0.717, 1.165) is 5.56 Å². The van der Waals surface area contributed by atoms with Gasteiger partial charge in [-0.15, -0.1) is 0 Å². The van der Waals surface area contributed by atoms with Crippen molar-refractivity contribution in [1.29, 1.82) is 0 Å². The molecule has 1 aromatic carbocycles. The van der Waals surface area contributed by atoms with E-state index < -0.39 is 11.3 Å². The molecule has 0 aliphatic rings. The van der Waals surface area contributed by atoms with Gasteiger partial charge in [0.25, 0.3) is 5.56 Å². The molecular weight excluding hydrogens is 296 g/mol. The quantitative estimate of drug-likeness (QED) is 0.505. The van der Waals surface area contributed by atoms with Crippen LogP contribution in [0.5, 0.6) is 11.5 Å². The van der Waals surface area contributed by atoms with E-state index in [1.807, 2.05) is 0 Å². The largest absolute Gasteiger partial charge is 0.507 e. The van der Waals surface area contributed by atoms with Crippen LogP contribution in [0.15, 0.2) is 41.2 Å². The van der Waals surface area contributed by atoms with Crippen molar-refractivity contribution in [1.82, 2.24) is 4.98 Å². The Labute approximate surface area is 132 Å². The number of nitrogens with one attached hydrogen (secondary N) is 1. The molecule has 1 aromatic heterocycles. The zero-order valence-corrected chi connectivity index (χ0v) is 12.4. The minimum Gasteiger partial charge on any atom is -0.507 e. The van der Waals surface area contributed by atoms with Crippen LogP contribution < -0.4 is 10.3 Å². The first kappa shape index (κ1) is 16.0. The molecule has 2 rings (SSSR count).